The van der Waals surface area contributed by atoms with Crippen LogP contribution in [0, 0.1) is 6.92 Å². The first-order valence-electron chi connectivity index (χ1n) is 6.21. The van der Waals surface area contributed by atoms with Gasteiger partial charge in [0, 0.05) is 13.1 Å². The summed E-state index contributed by atoms with van der Waals surface area (Å²) in [6, 6.07) is 7.54. The highest BCUT2D eigenvalue weighted by molar-refractivity contribution is 7.88. The van der Waals surface area contributed by atoms with Crippen molar-refractivity contribution in [1.82, 2.24) is 9.62 Å². The minimum Gasteiger partial charge on any atom is -0.351 e. The molecule has 0 heterocycles. The monoisotopic (exact) mass is 296 g/mol. The fourth-order valence-electron chi connectivity index (χ4n) is 1.71. The van der Waals surface area contributed by atoms with Gasteiger partial charge >= 0.3 is 0 Å². The summed E-state index contributed by atoms with van der Waals surface area (Å²) in [5, 5.41) is 2.57. The van der Waals surface area contributed by atoms with E-state index in [2.05, 4.69) is 11.9 Å². The maximum atomic E-state index is 11.8. The van der Waals surface area contributed by atoms with E-state index in [1.807, 2.05) is 31.2 Å². The normalized spacial score (nSPS) is 11.3. The van der Waals surface area contributed by atoms with Crippen LogP contribution in [0.2, 0.25) is 0 Å². The summed E-state index contributed by atoms with van der Waals surface area (Å²) in [5.41, 5.74) is 1.90. The van der Waals surface area contributed by atoms with Crippen molar-refractivity contribution in [3.63, 3.8) is 0 Å². The van der Waals surface area contributed by atoms with Gasteiger partial charge in [-0.05, 0) is 12.5 Å². The topological polar surface area (TPSA) is 66.5 Å². The van der Waals surface area contributed by atoms with Crippen LogP contribution in [0.3, 0.4) is 0 Å². The molecular weight excluding hydrogens is 276 g/mol. The Balaban J connectivity index is 2.81. The molecule has 5 nitrogen and oxygen atoms in total. The second kappa shape index (κ2) is 7.21. The molecule has 0 bridgehead atoms. The Morgan fingerprint density at radius 3 is 2.70 bits per heavy atom. The molecule has 1 N–H and O–H groups in total. The molecule has 0 atom stereocenters. The molecule has 0 aliphatic heterocycles. The maximum Gasteiger partial charge on any atom is 0.235 e. The van der Waals surface area contributed by atoms with Crippen molar-refractivity contribution >= 4 is 15.9 Å². The Morgan fingerprint density at radius 2 is 2.15 bits per heavy atom. The van der Waals surface area contributed by atoms with E-state index in [0.29, 0.717) is 6.54 Å². The van der Waals surface area contributed by atoms with E-state index in [-0.39, 0.29) is 19.0 Å². The molecular formula is C14H20N2O3S. The first kappa shape index (κ1) is 16.4. The Hall–Kier alpha value is -1.66. The van der Waals surface area contributed by atoms with Gasteiger partial charge in [-0.25, -0.2) is 8.42 Å². The number of sulfonamides is 1. The highest BCUT2D eigenvalue weighted by Gasteiger charge is 2.20. The van der Waals surface area contributed by atoms with E-state index in [0.717, 1.165) is 21.7 Å². The number of hydrogen-bond donors (Lipinski definition) is 1. The van der Waals surface area contributed by atoms with Crippen molar-refractivity contribution in [2.75, 3.05) is 19.3 Å². The van der Waals surface area contributed by atoms with Crippen molar-refractivity contribution in [2.45, 2.75) is 13.5 Å². The van der Waals surface area contributed by atoms with Crippen molar-refractivity contribution in [1.29, 1.82) is 0 Å². The molecule has 0 saturated carbocycles. The third-order valence-corrected chi connectivity index (χ3v) is 3.87. The van der Waals surface area contributed by atoms with E-state index in [1.54, 1.807) is 6.08 Å². The van der Waals surface area contributed by atoms with E-state index in [9.17, 15) is 13.2 Å². The van der Waals surface area contributed by atoms with Crippen LogP contribution in [0.4, 0.5) is 0 Å². The number of carbonyl (C=O) groups is 1. The van der Waals surface area contributed by atoms with Gasteiger partial charge in [0.05, 0.1) is 12.8 Å². The Labute approximate surface area is 120 Å². The zero-order valence-corrected chi connectivity index (χ0v) is 12.6. The highest BCUT2D eigenvalue weighted by Crippen LogP contribution is 2.10. The molecule has 0 aliphatic carbocycles. The van der Waals surface area contributed by atoms with Crippen LogP contribution in [0.5, 0.6) is 0 Å². The minimum atomic E-state index is -3.45. The molecule has 1 rings (SSSR count). The van der Waals surface area contributed by atoms with E-state index < -0.39 is 10.0 Å². The number of nitrogens with one attached hydrogen (secondary N) is 1. The molecule has 0 aromatic heterocycles. The first-order valence-corrected chi connectivity index (χ1v) is 8.06. The number of aryl methyl sites for hydroxylation is 1. The average molecular weight is 296 g/mol. The van der Waals surface area contributed by atoms with Crippen LogP contribution >= 0.6 is 0 Å². The number of nitrogens with zero attached hydrogens (tertiary/aromatic N) is 1. The summed E-state index contributed by atoms with van der Waals surface area (Å²) in [6.45, 7) is 5.74. The highest BCUT2D eigenvalue weighted by atomic mass is 32.2. The van der Waals surface area contributed by atoms with Crippen LogP contribution in [0.1, 0.15) is 11.1 Å². The van der Waals surface area contributed by atoms with Crippen molar-refractivity contribution in [2.24, 2.45) is 0 Å². The van der Waals surface area contributed by atoms with Crippen LogP contribution in [-0.2, 0) is 21.4 Å². The summed E-state index contributed by atoms with van der Waals surface area (Å²) in [7, 11) is -3.45. The van der Waals surface area contributed by atoms with Crippen molar-refractivity contribution in [3.8, 4) is 0 Å². The van der Waals surface area contributed by atoms with Gasteiger partial charge < -0.3 is 5.32 Å². The fraction of sp³-hybridized carbons (Fsp3) is 0.357. The maximum absolute atomic E-state index is 11.8. The van der Waals surface area contributed by atoms with E-state index in [4.69, 9.17) is 0 Å². The number of rotatable bonds is 7. The van der Waals surface area contributed by atoms with Crippen LogP contribution in [0.25, 0.3) is 0 Å². The lowest BCUT2D eigenvalue weighted by atomic mass is 10.1. The second-order valence-corrected chi connectivity index (χ2v) is 6.60. The summed E-state index contributed by atoms with van der Waals surface area (Å²) >= 11 is 0. The quantitative estimate of drug-likeness (QED) is 0.765. The summed E-state index contributed by atoms with van der Waals surface area (Å²) < 4.78 is 24.7. The molecule has 0 saturated heterocycles. The lowest BCUT2D eigenvalue weighted by Gasteiger charge is -2.19. The molecule has 1 amide bonds. The van der Waals surface area contributed by atoms with E-state index >= 15 is 0 Å². The van der Waals surface area contributed by atoms with E-state index in [1.165, 1.54) is 0 Å². The third kappa shape index (κ3) is 5.54. The molecule has 6 heteroatoms. The van der Waals surface area contributed by atoms with Gasteiger partial charge in [-0.2, -0.15) is 4.31 Å². The van der Waals surface area contributed by atoms with Gasteiger partial charge in [0.1, 0.15) is 0 Å². The molecule has 110 valence electrons. The average Bonchev–Trinajstić information content (AvgIpc) is 2.34. The van der Waals surface area contributed by atoms with Gasteiger partial charge in [-0.3, -0.25) is 4.79 Å². The molecule has 1 aromatic rings. The predicted molar refractivity (Wildman–Crippen MR) is 79.6 cm³/mol. The zero-order chi connectivity index (χ0) is 15.2. The van der Waals surface area contributed by atoms with Crippen LogP contribution in [0.15, 0.2) is 36.9 Å². The number of benzene rings is 1. The third-order valence-electron chi connectivity index (χ3n) is 2.67. The largest absolute Gasteiger partial charge is 0.351 e. The summed E-state index contributed by atoms with van der Waals surface area (Å²) in [4.78, 5) is 11.7. The number of carbonyl (C=O) groups excluding carboxylic acids is 1. The van der Waals surface area contributed by atoms with Gasteiger partial charge in [0.15, 0.2) is 0 Å². The Kier molecular flexibility index (Phi) is 5.91. The number of amides is 1. The van der Waals surface area contributed by atoms with Crippen molar-refractivity contribution < 1.29 is 13.2 Å². The SMILES string of the molecule is C=CCNC(=O)CN(Cc1cccc(C)c1)S(C)(=O)=O. The smallest absolute Gasteiger partial charge is 0.235 e. The zero-order valence-electron chi connectivity index (χ0n) is 11.8. The first-order chi connectivity index (χ1) is 9.32. The molecule has 0 aliphatic rings. The van der Waals surface area contributed by atoms with Crippen LogP contribution < -0.4 is 5.32 Å². The minimum absolute atomic E-state index is 0.183. The van der Waals surface area contributed by atoms with Crippen LogP contribution in [-0.4, -0.2) is 38.0 Å². The molecule has 0 unspecified atom stereocenters. The van der Waals surface area contributed by atoms with Gasteiger partial charge in [0.2, 0.25) is 15.9 Å². The Bertz CT molecular complexity index is 582. The molecule has 1 aromatic carbocycles. The molecule has 20 heavy (non-hydrogen) atoms. The molecule has 0 spiro atoms. The lowest BCUT2D eigenvalue weighted by molar-refractivity contribution is -0.121. The predicted octanol–water partition coefficient (Wildman–Crippen LogP) is 1.06. The molecule has 0 radical (unpaired) electrons. The van der Waals surface area contributed by atoms with Crippen molar-refractivity contribution in [3.05, 3.63) is 48.0 Å². The lowest BCUT2D eigenvalue weighted by Crippen LogP contribution is -2.39. The number of hydrogen-bond acceptors (Lipinski definition) is 3. The molecule has 0 fully saturated rings. The second-order valence-electron chi connectivity index (χ2n) is 4.61. The fourth-order valence-corrected chi connectivity index (χ4v) is 2.44. The Morgan fingerprint density at radius 1 is 1.45 bits per heavy atom. The van der Waals surface area contributed by atoms with Gasteiger partial charge in [-0.15, -0.1) is 6.58 Å². The van der Waals surface area contributed by atoms with Gasteiger partial charge in [-0.1, -0.05) is 35.9 Å². The standard InChI is InChI=1S/C14H20N2O3S/c1-4-8-15-14(17)11-16(20(3,18)19)10-13-7-5-6-12(2)9-13/h4-7,9H,1,8,10-11H2,2-3H3,(H,15,17). The summed E-state index contributed by atoms with van der Waals surface area (Å²) in [6.07, 6.45) is 2.65. The van der Waals surface area contributed by atoms with Gasteiger partial charge in [0.25, 0.3) is 0 Å². The summed E-state index contributed by atoms with van der Waals surface area (Å²) in [5.74, 6) is -0.344.